The summed E-state index contributed by atoms with van der Waals surface area (Å²) in [7, 11) is 0. The lowest BCUT2D eigenvalue weighted by molar-refractivity contribution is -0.121. The summed E-state index contributed by atoms with van der Waals surface area (Å²) in [6.07, 6.45) is 8.32. The summed E-state index contributed by atoms with van der Waals surface area (Å²) < 4.78 is 0. The molecule has 0 radical (unpaired) electrons. The van der Waals surface area contributed by atoms with E-state index in [4.69, 9.17) is 0 Å². The van der Waals surface area contributed by atoms with E-state index in [1.165, 1.54) is 6.42 Å². The number of hydrogen-bond donors (Lipinski definition) is 0. The van der Waals surface area contributed by atoms with E-state index in [1.54, 1.807) is 0 Å². The highest BCUT2D eigenvalue weighted by Gasteiger charge is 2.07. The molecule has 0 N–H and O–H groups in total. The zero-order valence-electron chi connectivity index (χ0n) is 10.0. The van der Waals surface area contributed by atoms with E-state index in [9.17, 15) is 4.79 Å². The minimum atomic E-state index is 0.204. The molecule has 0 aromatic carbocycles. The van der Waals surface area contributed by atoms with E-state index in [1.807, 2.05) is 13.8 Å². The van der Waals surface area contributed by atoms with E-state index >= 15 is 0 Å². The summed E-state index contributed by atoms with van der Waals surface area (Å²) in [4.78, 5) is 11.2. The average molecular weight is 196 g/mol. The van der Waals surface area contributed by atoms with E-state index in [0.717, 1.165) is 18.8 Å². The van der Waals surface area contributed by atoms with E-state index < -0.39 is 0 Å². The summed E-state index contributed by atoms with van der Waals surface area (Å²) in [6, 6.07) is 0. The number of Topliss-reactive ketones (excluding diaryl/α,β-unsaturated/α-hetero) is 1. The van der Waals surface area contributed by atoms with Crippen molar-refractivity contribution in [1.29, 1.82) is 0 Å². The second-order valence-corrected chi connectivity index (χ2v) is 4.40. The van der Waals surface area contributed by atoms with Gasteiger partial charge < -0.3 is 0 Å². The lowest BCUT2D eigenvalue weighted by Gasteiger charge is -2.04. The molecule has 1 nitrogen and oxygen atoms in total. The summed E-state index contributed by atoms with van der Waals surface area (Å²) >= 11 is 0. The van der Waals surface area contributed by atoms with E-state index in [-0.39, 0.29) is 5.92 Å². The van der Waals surface area contributed by atoms with Crippen molar-refractivity contribution in [1.82, 2.24) is 0 Å². The van der Waals surface area contributed by atoms with Crippen LogP contribution in [0.1, 0.15) is 53.4 Å². The number of rotatable bonds is 7. The van der Waals surface area contributed by atoms with Crippen LogP contribution in [0.4, 0.5) is 0 Å². The molecule has 0 saturated heterocycles. The first-order valence-electron chi connectivity index (χ1n) is 5.75. The van der Waals surface area contributed by atoms with Crippen molar-refractivity contribution in [2.24, 2.45) is 11.8 Å². The molecule has 1 atom stereocenters. The summed E-state index contributed by atoms with van der Waals surface area (Å²) in [6.45, 7) is 8.41. The topological polar surface area (TPSA) is 17.1 Å². The Labute approximate surface area is 88.6 Å². The Morgan fingerprint density at radius 3 is 2.36 bits per heavy atom. The Kier molecular flexibility index (Phi) is 7.45. The molecule has 0 aliphatic carbocycles. The molecule has 0 amide bonds. The van der Waals surface area contributed by atoms with E-state index in [2.05, 4.69) is 26.0 Å². The molecule has 0 aliphatic rings. The van der Waals surface area contributed by atoms with Crippen LogP contribution in [0.25, 0.3) is 0 Å². The summed E-state index contributed by atoms with van der Waals surface area (Å²) in [5.41, 5.74) is 0. The predicted molar refractivity (Wildman–Crippen MR) is 62.3 cm³/mol. The predicted octanol–water partition coefficient (Wildman–Crippen LogP) is 3.98. The second kappa shape index (κ2) is 7.78. The van der Waals surface area contributed by atoms with Crippen molar-refractivity contribution in [3.05, 3.63) is 12.2 Å². The lowest BCUT2D eigenvalue weighted by atomic mass is 10.00. The van der Waals surface area contributed by atoms with Gasteiger partial charge >= 0.3 is 0 Å². The van der Waals surface area contributed by atoms with Gasteiger partial charge in [0.05, 0.1) is 0 Å². The minimum absolute atomic E-state index is 0.204. The normalized spacial score (nSPS) is 13.8. The summed E-state index contributed by atoms with van der Waals surface area (Å²) in [5.74, 6) is 1.35. The maximum atomic E-state index is 11.2. The van der Waals surface area contributed by atoms with Crippen molar-refractivity contribution in [3.8, 4) is 0 Å². The number of hydrogen-bond acceptors (Lipinski definition) is 1. The van der Waals surface area contributed by atoms with Gasteiger partial charge in [0.25, 0.3) is 0 Å². The molecule has 0 fully saturated rings. The van der Waals surface area contributed by atoms with Crippen LogP contribution in [0.3, 0.4) is 0 Å². The standard InChI is InChI=1S/C13H24O/c1-5-13(14)12(4)10-8-6-7-9-11(2)3/h6,8,11-12H,5,7,9-10H2,1-4H3. The molecule has 14 heavy (non-hydrogen) atoms. The van der Waals surface area contributed by atoms with Gasteiger partial charge in [0.2, 0.25) is 0 Å². The van der Waals surface area contributed by atoms with Gasteiger partial charge in [-0.05, 0) is 25.2 Å². The lowest BCUT2D eigenvalue weighted by Crippen LogP contribution is -2.07. The Bertz CT molecular complexity index is 180. The van der Waals surface area contributed by atoms with Crippen LogP contribution in [0.15, 0.2) is 12.2 Å². The summed E-state index contributed by atoms with van der Waals surface area (Å²) in [5, 5.41) is 0. The molecular weight excluding hydrogens is 172 g/mol. The van der Waals surface area contributed by atoms with Crippen LogP contribution in [0.5, 0.6) is 0 Å². The average Bonchev–Trinajstić information content (AvgIpc) is 2.15. The number of allylic oxidation sites excluding steroid dienone is 2. The molecule has 0 aromatic rings. The fourth-order valence-corrected chi connectivity index (χ4v) is 1.33. The molecule has 0 saturated carbocycles. The molecule has 0 rings (SSSR count). The molecule has 82 valence electrons. The van der Waals surface area contributed by atoms with Gasteiger partial charge in [0.15, 0.2) is 0 Å². The fourth-order valence-electron chi connectivity index (χ4n) is 1.33. The first kappa shape index (κ1) is 13.4. The smallest absolute Gasteiger partial charge is 0.135 e. The third-order valence-electron chi connectivity index (χ3n) is 2.47. The maximum absolute atomic E-state index is 11.2. The van der Waals surface area contributed by atoms with Crippen molar-refractivity contribution in [3.63, 3.8) is 0 Å². The molecule has 0 spiro atoms. The van der Waals surface area contributed by atoms with Crippen LogP contribution >= 0.6 is 0 Å². The Balaban J connectivity index is 3.56. The van der Waals surface area contributed by atoms with E-state index in [0.29, 0.717) is 12.2 Å². The highest BCUT2D eigenvalue weighted by atomic mass is 16.1. The zero-order chi connectivity index (χ0) is 11.0. The van der Waals surface area contributed by atoms with Crippen LogP contribution in [0.2, 0.25) is 0 Å². The molecule has 0 aliphatic heterocycles. The second-order valence-electron chi connectivity index (χ2n) is 4.40. The van der Waals surface area contributed by atoms with Crippen molar-refractivity contribution in [2.45, 2.75) is 53.4 Å². The third kappa shape index (κ3) is 6.88. The first-order valence-corrected chi connectivity index (χ1v) is 5.75. The van der Waals surface area contributed by atoms with Gasteiger partial charge in [-0.2, -0.15) is 0 Å². The fraction of sp³-hybridized carbons (Fsp3) is 0.769. The number of carbonyl (C=O) groups is 1. The zero-order valence-corrected chi connectivity index (χ0v) is 10.0. The Morgan fingerprint density at radius 2 is 1.86 bits per heavy atom. The maximum Gasteiger partial charge on any atom is 0.135 e. The number of carbonyl (C=O) groups excluding carboxylic acids is 1. The van der Waals surface area contributed by atoms with Gasteiger partial charge in [0.1, 0.15) is 5.78 Å². The van der Waals surface area contributed by atoms with Crippen LogP contribution in [-0.2, 0) is 4.79 Å². The minimum Gasteiger partial charge on any atom is -0.299 e. The first-order chi connectivity index (χ1) is 6.57. The largest absolute Gasteiger partial charge is 0.299 e. The molecule has 1 heteroatoms. The SMILES string of the molecule is CCC(=O)C(C)CC=CCCC(C)C. The molecule has 0 aromatic heterocycles. The van der Waals surface area contributed by atoms with Crippen LogP contribution in [-0.4, -0.2) is 5.78 Å². The highest BCUT2D eigenvalue weighted by molar-refractivity contribution is 5.80. The Hall–Kier alpha value is -0.590. The van der Waals surface area contributed by atoms with Gasteiger partial charge in [0, 0.05) is 12.3 Å². The van der Waals surface area contributed by atoms with Crippen LogP contribution in [0, 0.1) is 11.8 Å². The van der Waals surface area contributed by atoms with Gasteiger partial charge in [-0.3, -0.25) is 4.79 Å². The van der Waals surface area contributed by atoms with Crippen molar-refractivity contribution >= 4 is 5.78 Å². The van der Waals surface area contributed by atoms with Crippen molar-refractivity contribution < 1.29 is 4.79 Å². The van der Waals surface area contributed by atoms with Gasteiger partial charge in [-0.1, -0.05) is 39.8 Å². The third-order valence-corrected chi connectivity index (χ3v) is 2.47. The quantitative estimate of drug-likeness (QED) is 0.563. The van der Waals surface area contributed by atoms with Gasteiger partial charge in [-0.25, -0.2) is 0 Å². The molecular formula is C13H24O. The number of ketones is 1. The Morgan fingerprint density at radius 1 is 1.21 bits per heavy atom. The van der Waals surface area contributed by atoms with Crippen molar-refractivity contribution in [2.75, 3.05) is 0 Å². The molecule has 0 bridgehead atoms. The van der Waals surface area contributed by atoms with Gasteiger partial charge in [-0.15, -0.1) is 0 Å². The molecule has 0 heterocycles. The highest BCUT2D eigenvalue weighted by Crippen LogP contribution is 2.09. The molecule has 1 unspecified atom stereocenters. The van der Waals surface area contributed by atoms with Crippen LogP contribution < -0.4 is 0 Å². The monoisotopic (exact) mass is 196 g/mol.